The van der Waals surface area contributed by atoms with Gasteiger partial charge in [0.15, 0.2) is 6.61 Å². The molecule has 28 heavy (non-hydrogen) atoms. The number of rotatable bonds is 7. The molecule has 1 heterocycles. The van der Waals surface area contributed by atoms with Crippen LogP contribution in [0.2, 0.25) is 0 Å². The first-order valence-corrected chi connectivity index (χ1v) is 9.79. The highest BCUT2D eigenvalue weighted by atomic mass is 79.9. The molecule has 0 radical (unpaired) electrons. The van der Waals surface area contributed by atoms with Crippen LogP contribution in [0.15, 0.2) is 57.5 Å². The van der Waals surface area contributed by atoms with E-state index in [1.807, 2.05) is 69.3 Å². The lowest BCUT2D eigenvalue weighted by atomic mass is 10.1. The van der Waals surface area contributed by atoms with Crippen molar-refractivity contribution in [1.29, 1.82) is 0 Å². The summed E-state index contributed by atoms with van der Waals surface area (Å²) in [5.74, 6) is 1.39. The lowest BCUT2D eigenvalue weighted by Crippen LogP contribution is -2.39. The zero-order chi connectivity index (χ0) is 20.1. The zero-order valence-electron chi connectivity index (χ0n) is 16.1. The minimum absolute atomic E-state index is 0.0317. The van der Waals surface area contributed by atoms with E-state index in [0.29, 0.717) is 17.5 Å². The SMILES string of the molecule is Cc1ccc(-c2noc(CN(C(=O)COc3ccc(Br)cc3)C(C)C)n2)cc1. The van der Waals surface area contributed by atoms with Gasteiger partial charge in [0.1, 0.15) is 12.3 Å². The van der Waals surface area contributed by atoms with Crippen molar-refractivity contribution in [1.82, 2.24) is 15.0 Å². The first-order valence-electron chi connectivity index (χ1n) is 9.00. The molecule has 0 aliphatic carbocycles. The van der Waals surface area contributed by atoms with E-state index in [4.69, 9.17) is 9.26 Å². The summed E-state index contributed by atoms with van der Waals surface area (Å²) in [4.78, 5) is 18.7. The van der Waals surface area contributed by atoms with Crippen LogP contribution in [0.5, 0.6) is 5.75 Å². The minimum atomic E-state index is -0.145. The van der Waals surface area contributed by atoms with Crippen molar-refractivity contribution < 1.29 is 14.1 Å². The fraction of sp³-hybridized carbons (Fsp3) is 0.286. The van der Waals surface area contributed by atoms with Gasteiger partial charge in [-0.05, 0) is 45.0 Å². The average molecular weight is 444 g/mol. The molecule has 0 saturated heterocycles. The highest BCUT2D eigenvalue weighted by Gasteiger charge is 2.21. The van der Waals surface area contributed by atoms with E-state index < -0.39 is 0 Å². The van der Waals surface area contributed by atoms with Crippen LogP contribution in [0, 0.1) is 6.92 Å². The number of halogens is 1. The molecule has 0 bridgehead atoms. The molecule has 1 amide bonds. The molecule has 0 unspecified atom stereocenters. The van der Waals surface area contributed by atoms with E-state index >= 15 is 0 Å². The summed E-state index contributed by atoms with van der Waals surface area (Å²) < 4.78 is 11.9. The first-order chi connectivity index (χ1) is 13.4. The molecule has 3 rings (SSSR count). The number of nitrogens with zero attached hydrogens (tertiary/aromatic N) is 3. The number of amides is 1. The highest BCUT2D eigenvalue weighted by Crippen LogP contribution is 2.19. The molecule has 0 aliphatic rings. The molecule has 7 heteroatoms. The Bertz CT molecular complexity index is 921. The molecule has 0 aliphatic heterocycles. The Morgan fingerprint density at radius 1 is 1.14 bits per heavy atom. The molecule has 0 atom stereocenters. The summed E-state index contributed by atoms with van der Waals surface area (Å²) in [5, 5.41) is 4.03. The van der Waals surface area contributed by atoms with Crippen LogP contribution in [0.3, 0.4) is 0 Å². The summed E-state index contributed by atoms with van der Waals surface area (Å²) in [6.45, 7) is 6.08. The summed E-state index contributed by atoms with van der Waals surface area (Å²) in [6, 6.07) is 15.2. The third kappa shape index (κ3) is 5.19. The minimum Gasteiger partial charge on any atom is -0.484 e. The standard InChI is InChI=1S/C21H22BrN3O3/c1-14(2)25(20(26)13-27-18-10-8-17(22)9-11-18)12-19-23-21(24-28-19)16-6-4-15(3)5-7-16/h4-11,14H,12-13H2,1-3H3. The van der Waals surface area contributed by atoms with Crippen molar-refractivity contribution in [3.8, 4) is 17.1 Å². The molecule has 6 nitrogen and oxygen atoms in total. The number of ether oxygens (including phenoxy) is 1. The van der Waals surface area contributed by atoms with Gasteiger partial charge in [-0.15, -0.1) is 0 Å². The highest BCUT2D eigenvalue weighted by molar-refractivity contribution is 9.10. The molecule has 146 valence electrons. The predicted molar refractivity (Wildman–Crippen MR) is 110 cm³/mol. The summed E-state index contributed by atoms with van der Waals surface area (Å²) in [7, 11) is 0. The third-order valence-electron chi connectivity index (χ3n) is 4.20. The number of carbonyl (C=O) groups is 1. The second kappa shape index (κ2) is 9.01. The Hall–Kier alpha value is -2.67. The Morgan fingerprint density at radius 3 is 2.46 bits per heavy atom. The number of hydrogen-bond acceptors (Lipinski definition) is 5. The fourth-order valence-corrected chi connectivity index (χ4v) is 2.87. The molecule has 3 aromatic rings. The largest absolute Gasteiger partial charge is 0.484 e. The maximum atomic E-state index is 12.6. The van der Waals surface area contributed by atoms with E-state index in [1.165, 1.54) is 0 Å². The van der Waals surface area contributed by atoms with Crippen molar-refractivity contribution in [2.24, 2.45) is 0 Å². The van der Waals surface area contributed by atoms with Gasteiger partial charge in [-0.25, -0.2) is 0 Å². The third-order valence-corrected chi connectivity index (χ3v) is 4.73. The number of aromatic nitrogens is 2. The number of hydrogen-bond donors (Lipinski definition) is 0. The molecule has 2 aromatic carbocycles. The van der Waals surface area contributed by atoms with Crippen LogP contribution >= 0.6 is 15.9 Å². The fourth-order valence-electron chi connectivity index (χ4n) is 2.60. The van der Waals surface area contributed by atoms with Gasteiger partial charge in [0.05, 0.1) is 0 Å². The second-order valence-corrected chi connectivity index (χ2v) is 7.65. The topological polar surface area (TPSA) is 68.5 Å². The smallest absolute Gasteiger partial charge is 0.261 e. The van der Waals surface area contributed by atoms with Crippen molar-refractivity contribution in [3.05, 3.63) is 64.5 Å². The van der Waals surface area contributed by atoms with Gasteiger partial charge in [-0.1, -0.05) is 50.9 Å². The normalized spacial score (nSPS) is 10.9. The van der Waals surface area contributed by atoms with Crippen LogP contribution in [0.25, 0.3) is 11.4 Å². The Kier molecular flexibility index (Phi) is 6.46. The van der Waals surface area contributed by atoms with E-state index in [1.54, 1.807) is 4.90 Å². The van der Waals surface area contributed by atoms with Crippen LogP contribution in [-0.4, -0.2) is 33.6 Å². The van der Waals surface area contributed by atoms with E-state index in [0.717, 1.165) is 15.6 Å². The van der Waals surface area contributed by atoms with Crippen molar-refractivity contribution >= 4 is 21.8 Å². The van der Waals surface area contributed by atoms with Gasteiger partial charge in [0.25, 0.3) is 5.91 Å². The first kappa shape index (κ1) is 20.1. The maximum absolute atomic E-state index is 12.6. The van der Waals surface area contributed by atoms with Crippen LogP contribution in [0.4, 0.5) is 0 Å². The maximum Gasteiger partial charge on any atom is 0.261 e. The summed E-state index contributed by atoms with van der Waals surface area (Å²) >= 11 is 3.37. The quantitative estimate of drug-likeness (QED) is 0.532. The molecule has 0 fully saturated rings. The van der Waals surface area contributed by atoms with E-state index in [9.17, 15) is 4.79 Å². The van der Waals surface area contributed by atoms with Gasteiger partial charge in [-0.2, -0.15) is 4.98 Å². The van der Waals surface area contributed by atoms with Gasteiger partial charge < -0.3 is 14.2 Å². The Labute approximate surface area is 172 Å². The van der Waals surface area contributed by atoms with Crippen LogP contribution in [-0.2, 0) is 11.3 Å². The number of benzene rings is 2. The molecule has 1 aromatic heterocycles. The van der Waals surface area contributed by atoms with E-state index in [2.05, 4.69) is 26.1 Å². The Morgan fingerprint density at radius 2 is 1.82 bits per heavy atom. The average Bonchev–Trinajstić information content (AvgIpc) is 3.14. The Balaban J connectivity index is 1.64. The van der Waals surface area contributed by atoms with Gasteiger partial charge >= 0.3 is 0 Å². The zero-order valence-corrected chi connectivity index (χ0v) is 17.6. The molecule has 0 N–H and O–H groups in total. The van der Waals surface area contributed by atoms with Crippen molar-refractivity contribution in [2.45, 2.75) is 33.4 Å². The second-order valence-electron chi connectivity index (χ2n) is 6.74. The van der Waals surface area contributed by atoms with Crippen LogP contribution in [0.1, 0.15) is 25.3 Å². The lowest BCUT2D eigenvalue weighted by Gasteiger charge is -2.25. The molecular formula is C21H22BrN3O3. The molecule has 0 spiro atoms. The molecule has 0 saturated carbocycles. The van der Waals surface area contributed by atoms with Crippen molar-refractivity contribution in [2.75, 3.05) is 6.61 Å². The summed E-state index contributed by atoms with van der Waals surface area (Å²) in [5.41, 5.74) is 2.04. The molecular weight excluding hydrogens is 422 g/mol. The van der Waals surface area contributed by atoms with E-state index in [-0.39, 0.29) is 25.1 Å². The lowest BCUT2D eigenvalue weighted by molar-refractivity contribution is -0.136. The van der Waals surface area contributed by atoms with Gasteiger partial charge in [0, 0.05) is 16.1 Å². The van der Waals surface area contributed by atoms with Gasteiger partial charge in [-0.3, -0.25) is 4.79 Å². The number of carbonyl (C=O) groups excluding carboxylic acids is 1. The number of aryl methyl sites for hydroxylation is 1. The summed E-state index contributed by atoms with van der Waals surface area (Å²) in [6.07, 6.45) is 0. The van der Waals surface area contributed by atoms with Crippen molar-refractivity contribution in [3.63, 3.8) is 0 Å². The van der Waals surface area contributed by atoms with Gasteiger partial charge in [0.2, 0.25) is 11.7 Å². The van der Waals surface area contributed by atoms with Crippen LogP contribution < -0.4 is 4.74 Å². The monoisotopic (exact) mass is 443 g/mol. The predicted octanol–water partition coefficient (Wildman–Crippen LogP) is 4.62.